The Morgan fingerprint density at radius 1 is 1.23 bits per heavy atom. The van der Waals surface area contributed by atoms with Gasteiger partial charge in [-0.1, -0.05) is 19.6 Å². The van der Waals surface area contributed by atoms with E-state index < -0.39 is 54.0 Å². The van der Waals surface area contributed by atoms with Gasteiger partial charge in [0.2, 0.25) is 0 Å². The number of phosphoric ester groups is 1. The average Bonchev–Trinajstić information content (AvgIpc) is 3.13. The minimum Gasteiger partial charge on any atom is -0.387 e. The van der Waals surface area contributed by atoms with Crippen molar-refractivity contribution < 1.29 is 47.6 Å². The predicted octanol–water partition coefficient (Wildman–Crippen LogP) is -0.714. The Balaban J connectivity index is 1.98. The van der Waals surface area contributed by atoms with Crippen LogP contribution < -0.4 is 5.73 Å². The topological polar surface area (TPSA) is 233 Å². The molecule has 1 saturated heterocycles. The van der Waals surface area contributed by atoms with Crippen molar-refractivity contribution in [3.63, 3.8) is 0 Å². The molecule has 3 heterocycles. The number of anilines is 1. The smallest absolute Gasteiger partial charge is 0.387 e. The van der Waals surface area contributed by atoms with E-state index in [4.69, 9.17) is 20.3 Å². The van der Waals surface area contributed by atoms with E-state index in [-0.39, 0.29) is 17.0 Å². The first-order valence-corrected chi connectivity index (χ1v) is 15.3. The van der Waals surface area contributed by atoms with Crippen LogP contribution in [0.25, 0.3) is 11.2 Å². The monoisotopic (exact) mass is 499 g/mol. The Kier molecular flexibility index (Phi) is 6.23. The number of aromatic nitrogens is 4. The normalized spacial score (nSPS) is 29.4. The molecule has 174 valence electrons. The predicted molar refractivity (Wildman–Crippen MR) is 107 cm³/mol. The van der Waals surface area contributed by atoms with Gasteiger partial charge in [0.25, 0.3) is 0 Å². The van der Waals surface area contributed by atoms with E-state index in [1.165, 1.54) is 17.2 Å². The molecule has 0 spiro atoms. The van der Waals surface area contributed by atoms with Crippen LogP contribution in [0, 0.1) is 0 Å². The second-order valence-electron chi connectivity index (χ2n) is 7.92. The van der Waals surface area contributed by atoms with Crippen LogP contribution in [0.5, 0.6) is 0 Å². The Morgan fingerprint density at radius 3 is 2.45 bits per heavy atom. The number of phosphoric acid groups is 2. The number of imidazole rings is 1. The van der Waals surface area contributed by atoms with Crippen molar-refractivity contribution in [2.24, 2.45) is 0 Å². The van der Waals surface area contributed by atoms with Gasteiger partial charge >= 0.3 is 15.6 Å². The minimum atomic E-state index is -5.32. The molecule has 0 saturated carbocycles. The van der Waals surface area contributed by atoms with Crippen LogP contribution in [0.1, 0.15) is 0 Å². The number of fused-ring (bicyclic) bond motifs is 1. The van der Waals surface area contributed by atoms with Gasteiger partial charge in [0, 0.05) is 0 Å². The third-order valence-corrected chi connectivity index (χ3v) is 9.80. The number of hydrogen-bond donors (Lipinski definition) is 6. The van der Waals surface area contributed by atoms with Crippen LogP contribution in [0.3, 0.4) is 0 Å². The summed E-state index contributed by atoms with van der Waals surface area (Å²) in [6, 6.07) is 0. The Bertz CT molecular complexity index is 1070. The quantitative estimate of drug-likeness (QED) is 0.204. The number of ether oxygens (including phenoxy) is 1. The van der Waals surface area contributed by atoms with Gasteiger partial charge in [-0.25, -0.2) is 24.1 Å². The lowest BCUT2D eigenvalue weighted by Crippen LogP contribution is -2.61. The van der Waals surface area contributed by atoms with Gasteiger partial charge < -0.3 is 35.4 Å². The molecule has 0 bridgehead atoms. The summed E-state index contributed by atoms with van der Waals surface area (Å²) in [5, 5.41) is 20.1. The zero-order valence-corrected chi connectivity index (χ0v) is 19.4. The van der Waals surface area contributed by atoms with Crippen LogP contribution >= 0.6 is 15.6 Å². The molecule has 1 aliphatic heterocycles. The van der Waals surface area contributed by atoms with Crippen LogP contribution in [0.4, 0.5) is 5.82 Å². The molecule has 2 aromatic rings. The average molecular weight is 499 g/mol. The van der Waals surface area contributed by atoms with Crippen molar-refractivity contribution in [3.05, 3.63) is 12.7 Å². The summed E-state index contributed by atoms with van der Waals surface area (Å²) >= 11 is 0. The van der Waals surface area contributed by atoms with Crippen LogP contribution in [0.2, 0.25) is 19.6 Å². The second-order valence-corrected chi connectivity index (χ2v) is 16.0. The van der Waals surface area contributed by atoms with E-state index in [2.05, 4.69) is 23.8 Å². The Labute approximate surface area is 176 Å². The number of nitrogen functional groups attached to an aromatic ring is 1. The molecule has 0 amide bonds. The Morgan fingerprint density at radius 2 is 1.87 bits per heavy atom. The molecule has 1 fully saturated rings. The van der Waals surface area contributed by atoms with E-state index >= 15 is 0 Å². The molecule has 0 radical (unpaired) electrons. The first-order valence-electron chi connectivity index (χ1n) is 8.81. The summed E-state index contributed by atoms with van der Waals surface area (Å²) in [5.41, 5.74) is 6.32. The fraction of sp³-hybridized carbons (Fsp3) is 0.615. The highest BCUT2D eigenvalue weighted by molar-refractivity contribution is 7.60. The number of aliphatic hydroxyl groups excluding tert-OH is 2. The summed E-state index contributed by atoms with van der Waals surface area (Å²) in [6.45, 7) is 4.71. The lowest BCUT2D eigenvalue weighted by molar-refractivity contribution is -0.0917. The van der Waals surface area contributed by atoms with Gasteiger partial charge in [0.1, 0.15) is 38.2 Å². The highest BCUT2D eigenvalue weighted by Crippen LogP contribution is 2.58. The first kappa shape index (κ1) is 24.4. The largest absolute Gasteiger partial charge is 0.481 e. The fourth-order valence-corrected chi connectivity index (χ4v) is 7.59. The van der Waals surface area contributed by atoms with E-state index in [1.54, 1.807) is 0 Å². The van der Waals surface area contributed by atoms with Crippen LogP contribution in [0.15, 0.2) is 12.7 Å². The molecule has 1 unspecified atom stereocenters. The van der Waals surface area contributed by atoms with E-state index in [0.29, 0.717) is 0 Å². The third-order valence-electron chi connectivity index (χ3n) is 4.84. The second kappa shape index (κ2) is 7.93. The van der Waals surface area contributed by atoms with Crippen LogP contribution in [-0.4, -0.2) is 77.4 Å². The minimum absolute atomic E-state index is 0.0956. The molecule has 5 atom stereocenters. The molecule has 3 rings (SSSR count). The van der Waals surface area contributed by atoms with Crippen molar-refractivity contribution in [3.8, 4) is 0 Å². The van der Waals surface area contributed by atoms with Gasteiger partial charge in [-0.05, 0) is 0 Å². The maximum atomic E-state index is 11.8. The molecule has 7 N–H and O–H groups in total. The number of nitrogens with two attached hydrogens (primary N) is 1. The molecular formula is C13H23N5O10P2Si. The van der Waals surface area contributed by atoms with Gasteiger partial charge in [0.15, 0.2) is 16.8 Å². The molecule has 1 aliphatic rings. The van der Waals surface area contributed by atoms with Crippen molar-refractivity contribution in [2.75, 3.05) is 12.3 Å². The van der Waals surface area contributed by atoms with Gasteiger partial charge in [-0.2, -0.15) is 4.31 Å². The number of hydrogen-bond acceptors (Lipinski definition) is 11. The fourth-order valence-electron chi connectivity index (χ4n) is 3.54. The highest BCUT2D eigenvalue weighted by Gasteiger charge is 2.62. The summed E-state index contributed by atoms with van der Waals surface area (Å²) < 4.78 is 38.3. The lowest BCUT2D eigenvalue weighted by Gasteiger charge is -2.43. The maximum absolute atomic E-state index is 11.8. The summed E-state index contributed by atoms with van der Waals surface area (Å²) in [6.07, 6.45) is -1.96. The van der Waals surface area contributed by atoms with Gasteiger partial charge in [-0.3, -0.25) is 9.09 Å². The van der Waals surface area contributed by atoms with Crippen LogP contribution in [-0.2, 0) is 28.0 Å². The van der Waals surface area contributed by atoms with Gasteiger partial charge in [-0.15, -0.1) is 0 Å². The van der Waals surface area contributed by atoms with Gasteiger partial charge in [0.05, 0.1) is 12.9 Å². The van der Waals surface area contributed by atoms with E-state index in [1.807, 2.05) is 19.6 Å². The molecule has 2 aromatic heterocycles. The van der Waals surface area contributed by atoms with E-state index in [0.717, 1.165) is 0 Å². The summed E-state index contributed by atoms with van der Waals surface area (Å²) in [5.74, 6) is 0.0956. The standard InChI is InChI=1S/C13H23N5O10P2Si/c1-31(2,3)13(18-6-17-8-11(14)15-5-16-12(8)18)10(20)9(19)7(27-13)4-26-30(24,25)28-29(21,22)23/h5-7,9-10,19-20H,4H2,1-3H3,(H,24,25)(H2,14,15,16)(H2,21,22,23)/t7-,9-,10-,13+/m1/s1. The molecular weight excluding hydrogens is 476 g/mol. The van der Waals surface area contributed by atoms with E-state index in [9.17, 15) is 24.2 Å². The maximum Gasteiger partial charge on any atom is 0.481 e. The lowest BCUT2D eigenvalue weighted by atomic mass is 10.1. The third kappa shape index (κ3) is 4.47. The number of nitrogens with zero attached hydrogens (tertiary/aromatic N) is 4. The zero-order valence-electron chi connectivity index (χ0n) is 16.6. The van der Waals surface area contributed by atoms with Crippen molar-refractivity contribution >= 4 is 40.7 Å². The van der Waals surface area contributed by atoms with Crippen molar-refractivity contribution in [1.82, 2.24) is 19.5 Å². The molecule has 0 aromatic carbocycles. The first-order chi connectivity index (χ1) is 14.1. The Hall–Kier alpha value is -1.29. The summed E-state index contributed by atoms with van der Waals surface area (Å²) in [4.78, 5) is 39.1. The zero-order chi connectivity index (χ0) is 23.4. The summed E-state index contributed by atoms with van der Waals surface area (Å²) in [7, 11) is -13.1. The van der Waals surface area contributed by atoms with Crippen molar-refractivity contribution in [1.29, 1.82) is 0 Å². The molecule has 18 heteroatoms. The molecule has 31 heavy (non-hydrogen) atoms. The highest BCUT2D eigenvalue weighted by atomic mass is 31.3. The van der Waals surface area contributed by atoms with Crippen molar-refractivity contribution in [2.45, 2.75) is 43.3 Å². The number of aliphatic hydroxyl groups is 2. The molecule has 0 aliphatic carbocycles. The molecule has 15 nitrogen and oxygen atoms in total. The SMILES string of the molecule is C[Si](C)(C)[C@@]1(n2cnc3c(N)ncnc32)O[C@H](COP(=O)(O)OP(=O)(O)O)[C@@H](O)[C@H]1O. The number of rotatable bonds is 7.